The highest BCUT2D eigenvalue weighted by Gasteiger charge is 2.32. The Labute approximate surface area is 205 Å². The lowest BCUT2D eigenvalue weighted by atomic mass is 9.85. The third-order valence-corrected chi connectivity index (χ3v) is 7.53. The van der Waals surface area contributed by atoms with Gasteiger partial charge in [-0.25, -0.2) is 9.78 Å². The molecule has 10 heteroatoms. The van der Waals surface area contributed by atoms with Crippen molar-refractivity contribution >= 4 is 34.2 Å². The molecule has 3 atom stereocenters. The number of carboxylic acid groups (broad SMARTS) is 1. The van der Waals surface area contributed by atoms with E-state index in [1.165, 1.54) is 11.3 Å². The lowest BCUT2D eigenvalue weighted by Crippen LogP contribution is -2.41. The van der Waals surface area contributed by atoms with E-state index in [9.17, 15) is 27.9 Å². The third kappa shape index (κ3) is 6.04. The molecule has 2 aromatic heterocycles. The fourth-order valence-electron chi connectivity index (χ4n) is 4.84. The number of aliphatic carboxylic acids is 1. The Hall–Kier alpha value is -2.88. The molecule has 188 valence electrons. The Kier molecular flexibility index (Phi) is 7.49. The van der Waals surface area contributed by atoms with E-state index in [1.807, 2.05) is 17.5 Å². The number of halogens is 3. The number of alkyl halides is 3. The van der Waals surface area contributed by atoms with Crippen LogP contribution in [-0.2, 0) is 11.2 Å². The molecule has 2 N–H and O–H groups in total. The number of thiophene rings is 1. The van der Waals surface area contributed by atoms with E-state index in [2.05, 4.69) is 22.9 Å². The number of carbonyl (C=O) groups excluding carboxylic acids is 1. The van der Waals surface area contributed by atoms with Gasteiger partial charge < -0.3 is 15.0 Å². The van der Waals surface area contributed by atoms with Crippen molar-refractivity contribution in [3.8, 4) is 0 Å². The van der Waals surface area contributed by atoms with Gasteiger partial charge in [-0.1, -0.05) is 25.8 Å². The fraction of sp³-hybridized carbons (Fsp3) is 0.480. The van der Waals surface area contributed by atoms with Gasteiger partial charge in [0.1, 0.15) is 11.9 Å². The molecule has 1 aliphatic carbocycles. The normalized spacial score (nSPS) is 19.5. The molecule has 4 rings (SSSR count). The molecule has 35 heavy (non-hydrogen) atoms. The van der Waals surface area contributed by atoms with Crippen LogP contribution in [0.4, 0.5) is 13.2 Å². The molecule has 2 heterocycles. The van der Waals surface area contributed by atoms with Crippen molar-refractivity contribution in [3.05, 3.63) is 52.0 Å². The van der Waals surface area contributed by atoms with Crippen molar-refractivity contribution in [2.45, 2.75) is 70.1 Å². The van der Waals surface area contributed by atoms with Gasteiger partial charge in [0, 0.05) is 29.3 Å². The molecule has 1 aliphatic rings. The van der Waals surface area contributed by atoms with Gasteiger partial charge in [-0.2, -0.15) is 13.2 Å². The van der Waals surface area contributed by atoms with Gasteiger partial charge in [0.15, 0.2) is 0 Å². The number of nitrogens with zero attached hydrogens (tertiary/aromatic N) is 2. The Morgan fingerprint density at radius 1 is 1.26 bits per heavy atom. The quantitative estimate of drug-likeness (QED) is 0.394. The van der Waals surface area contributed by atoms with E-state index in [0.29, 0.717) is 23.9 Å². The highest BCUT2D eigenvalue weighted by molar-refractivity contribution is 7.09. The minimum atomic E-state index is -4.50. The molecule has 0 saturated heterocycles. The van der Waals surface area contributed by atoms with Gasteiger partial charge in [-0.15, -0.1) is 11.3 Å². The number of carbonyl (C=O) groups is 2. The van der Waals surface area contributed by atoms with Crippen LogP contribution in [0.3, 0.4) is 0 Å². The summed E-state index contributed by atoms with van der Waals surface area (Å²) in [7, 11) is 0. The number of fused-ring (bicyclic) bond motifs is 1. The largest absolute Gasteiger partial charge is 0.480 e. The molecular weight excluding hydrogens is 479 g/mol. The molecule has 3 aromatic rings. The first-order chi connectivity index (χ1) is 16.6. The van der Waals surface area contributed by atoms with Gasteiger partial charge in [-0.3, -0.25) is 4.79 Å². The van der Waals surface area contributed by atoms with Gasteiger partial charge >= 0.3 is 12.1 Å². The summed E-state index contributed by atoms with van der Waals surface area (Å²) in [6.45, 7) is 2.25. The maximum atomic E-state index is 12.7. The van der Waals surface area contributed by atoms with Gasteiger partial charge in [-0.05, 0) is 54.8 Å². The summed E-state index contributed by atoms with van der Waals surface area (Å²) in [5.74, 6) is -0.845. The first-order valence-electron chi connectivity index (χ1n) is 11.8. The molecule has 0 spiro atoms. The third-order valence-electron chi connectivity index (χ3n) is 6.65. The van der Waals surface area contributed by atoms with Crippen molar-refractivity contribution in [2.24, 2.45) is 5.92 Å². The van der Waals surface area contributed by atoms with Crippen LogP contribution < -0.4 is 5.32 Å². The minimum Gasteiger partial charge on any atom is -0.480 e. The monoisotopic (exact) mass is 507 g/mol. The molecular formula is C25H28F3N3O3S. The number of rotatable bonds is 8. The van der Waals surface area contributed by atoms with Crippen LogP contribution >= 0.6 is 11.3 Å². The summed E-state index contributed by atoms with van der Waals surface area (Å²) in [4.78, 5) is 30.2. The van der Waals surface area contributed by atoms with Crippen LogP contribution in [0.5, 0.6) is 0 Å². The average molecular weight is 508 g/mol. The van der Waals surface area contributed by atoms with Crippen molar-refractivity contribution in [3.63, 3.8) is 0 Å². The zero-order chi connectivity index (χ0) is 25.2. The molecule has 3 unspecified atom stereocenters. The molecule has 0 bridgehead atoms. The second-order valence-corrected chi connectivity index (χ2v) is 10.2. The summed E-state index contributed by atoms with van der Waals surface area (Å²) in [5, 5.41) is 13.5. The number of imidazole rings is 1. The molecule has 1 aromatic carbocycles. The lowest BCUT2D eigenvalue weighted by Gasteiger charge is -2.31. The molecule has 6 nitrogen and oxygen atoms in total. The number of amides is 1. The second kappa shape index (κ2) is 10.4. The molecule has 1 saturated carbocycles. The van der Waals surface area contributed by atoms with Gasteiger partial charge in [0.25, 0.3) is 5.91 Å². The first-order valence-corrected chi connectivity index (χ1v) is 12.6. The molecule has 1 fully saturated rings. The summed E-state index contributed by atoms with van der Waals surface area (Å²) >= 11 is 1.65. The molecule has 0 aliphatic heterocycles. The topological polar surface area (TPSA) is 84.2 Å². The maximum absolute atomic E-state index is 12.7. The van der Waals surface area contributed by atoms with Crippen LogP contribution in [0.1, 0.15) is 72.6 Å². The van der Waals surface area contributed by atoms with Crippen LogP contribution in [0, 0.1) is 5.92 Å². The zero-order valence-corrected chi connectivity index (χ0v) is 20.2. The first kappa shape index (κ1) is 25.2. The summed E-state index contributed by atoms with van der Waals surface area (Å²) in [6.07, 6.45) is -1.33. The van der Waals surface area contributed by atoms with Crippen LogP contribution in [0.2, 0.25) is 0 Å². The SMILES string of the molecule is CC1CCCCC1n1c(Cc2cccs2)nc2cc(C(=O)NC(CCC(F)(F)F)C(=O)O)ccc21. The lowest BCUT2D eigenvalue weighted by molar-refractivity contribution is -0.145. The van der Waals surface area contributed by atoms with Crippen molar-refractivity contribution < 1.29 is 27.9 Å². The van der Waals surface area contributed by atoms with E-state index < -0.39 is 36.9 Å². The van der Waals surface area contributed by atoms with E-state index in [0.717, 1.165) is 30.6 Å². The zero-order valence-electron chi connectivity index (χ0n) is 19.3. The Morgan fingerprint density at radius 3 is 2.69 bits per heavy atom. The standard InChI is InChI=1S/C25H28F3N3O3S/c1-15-5-2-3-7-20(15)31-21-9-8-16(13-19(21)29-22(31)14-17-6-4-12-35-17)23(32)30-18(24(33)34)10-11-25(26,27)28/h4,6,8-9,12-13,15,18,20H,2-3,5,7,10-11,14H2,1H3,(H,30,32)(H,33,34). The maximum Gasteiger partial charge on any atom is 0.389 e. The van der Waals surface area contributed by atoms with E-state index in [-0.39, 0.29) is 5.56 Å². The van der Waals surface area contributed by atoms with Gasteiger partial charge in [0.05, 0.1) is 11.0 Å². The van der Waals surface area contributed by atoms with E-state index >= 15 is 0 Å². The van der Waals surface area contributed by atoms with Crippen LogP contribution in [0.25, 0.3) is 11.0 Å². The number of benzene rings is 1. The smallest absolute Gasteiger partial charge is 0.389 e. The van der Waals surface area contributed by atoms with E-state index in [4.69, 9.17) is 4.98 Å². The predicted molar refractivity (Wildman–Crippen MR) is 128 cm³/mol. The summed E-state index contributed by atoms with van der Waals surface area (Å²) < 4.78 is 39.9. The minimum absolute atomic E-state index is 0.166. The Balaban J connectivity index is 1.63. The van der Waals surface area contributed by atoms with Crippen molar-refractivity contribution in [2.75, 3.05) is 0 Å². The number of nitrogens with one attached hydrogen (secondary N) is 1. The highest BCUT2D eigenvalue weighted by Crippen LogP contribution is 2.37. The molecule has 0 radical (unpaired) electrons. The number of carboxylic acids is 1. The summed E-state index contributed by atoms with van der Waals surface area (Å²) in [6, 6.07) is 7.70. The van der Waals surface area contributed by atoms with Crippen molar-refractivity contribution in [1.82, 2.24) is 14.9 Å². The summed E-state index contributed by atoms with van der Waals surface area (Å²) in [5.41, 5.74) is 1.68. The van der Waals surface area contributed by atoms with Gasteiger partial charge in [0.2, 0.25) is 0 Å². The second-order valence-electron chi connectivity index (χ2n) is 9.20. The Bertz CT molecular complexity index is 1190. The highest BCUT2D eigenvalue weighted by atomic mass is 32.1. The van der Waals surface area contributed by atoms with Crippen LogP contribution in [-0.4, -0.2) is 38.8 Å². The van der Waals surface area contributed by atoms with Crippen LogP contribution in [0.15, 0.2) is 35.7 Å². The number of aromatic nitrogens is 2. The average Bonchev–Trinajstić information content (AvgIpc) is 3.43. The van der Waals surface area contributed by atoms with Crippen molar-refractivity contribution in [1.29, 1.82) is 0 Å². The fourth-order valence-corrected chi connectivity index (χ4v) is 5.54. The Morgan fingerprint density at radius 2 is 2.03 bits per heavy atom. The molecule has 1 amide bonds. The number of hydrogen-bond acceptors (Lipinski definition) is 4. The number of hydrogen-bond donors (Lipinski definition) is 2. The van der Waals surface area contributed by atoms with E-state index in [1.54, 1.807) is 23.5 Å². The predicted octanol–water partition coefficient (Wildman–Crippen LogP) is 5.97.